The normalized spacial score (nSPS) is 24.0. The molecule has 180 valence electrons. The molecule has 1 aliphatic heterocycles. The van der Waals surface area contributed by atoms with E-state index in [1.165, 1.54) is 7.11 Å². The number of carbonyl (C=O) groups is 1. The Morgan fingerprint density at radius 2 is 1.85 bits per heavy atom. The molecule has 1 fully saturated rings. The number of fused-ring (bicyclic) bond motifs is 1. The molecule has 9 heteroatoms. The van der Waals surface area contributed by atoms with Gasteiger partial charge in [0, 0.05) is 18.6 Å². The molecule has 9 nitrogen and oxygen atoms in total. The molecule has 1 saturated heterocycles. The Morgan fingerprint density at radius 1 is 1.15 bits per heavy atom. The van der Waals surface area contributed by atoms with Gasteiger partial charge in [0.25, 0.3) is 0 Å². The quantitative estimate of drug-likeness (QED) is 0.545. The third kappa shape index (κ3) is 4.37. The zero-order chi connectivity index (χ0) is 24.6. The molecule has 0 saturated carbocycles. The Bertz CT molecular complexity index is 1250. The van der Waals surface area contributed by atoms with Crippen molar-refractivity contribution < 1.29 is 33.3 Å². The van der Waals surface area contributed by atoms with E-state index in [1.54, 1.807) is 32.0 Å². The minimum atomic E-state index is -1.26. The molecule has 3 aromatic rings. The van der Waals surface area contributed by atoms with Gasteiger partial charge in [0.2, 0.25) is 6.29 Å². The molecule has 2 heterocycles. The van der Waals surface area contributed by atoms with Crippen LogP contribution in [0.2, 0.25) is 0 Å². The lowest BCUT2D eigenvalue weighted by Crippen LogP contribution is -2.65. The number of ether oxygens (including phenoxy) is 4. The van der Waals surface area contributed by atoms with Crippen LogP contribution >= 0.6 is 0 Å². The van der Waals surface area contributed by atoms with Gasteiger partial charge in [-0.2, -0.15) is 0 Å². The van der Waals surface area contributed by atoms with Crippen LogP contribution in [-0.2, 0) is 14.2 Å². The van der Waals surface area contributed by atoms with Crippen LogP contribution in [0.1, 0.15) is 19.4 Å². The fraction of sp³-hybridized carbons (Fsp3) is 0.360. The van der Waals surface area contributed by atoms with E-state index in [0.717, 1.165) is 16.5 Å². The molecule has 34 heavy (non-hydrogen) atoms. The first kappa shape index (κ1) is 23.7. The predicted octanol–water partition coefficient (Wildman–Crippen LogP) is 3.12. The number of hydrogen-bond acceptors (Lipinski definition) is 8. The standard InChI is InChI=1S/C25H27NO8/c1-13-16-11-10-15(12-17(16)32-22(28)18(13)14-8-6-5-7-9-14)31-23-20(33-24(26)29)19(27)21(30-4)25(2,3)34-23/h5-12,19-21,23,27H,1-4H3,(H2,26,29)/t19-,20+,21-,23?/m1/s1. The molecule has 1 unspecified atom stereocenters. The highest BCUT2D eigenvalue weighted by molar-refractivity contribution is 5.87. The van der Waals surface area contributed by atoms with Gasteiger partial charge < -0.3 is 34.2 Å². The number of rotatable bonds is 5. The first-order chi connectivity index (χ1) is 16.1. The number of aryl methyl sites for hydroxylation is 1. The van der Waals surface area contributed by atoms with Gasteiger partial charge in [-0.1, -0.05) is 30.3 Å². The first-order valence-electron chi connectivity index (χ1n) is 10.8. The van der Waals surface area contributed by atoms with Gasteiger partial charge in [-0.15, -0.1) is 0 Å². The molecule has 1 aromatic heterocycles. The number of benzene rings is 2. The summed E-state index contributed by atoms with van der Waals surface area (Å²) in [6.07, 6.45) is -5.60. The number of hydrogen-bond donors (Lipinski definition) is 2. The summed E-state index contributed by atoms with van der Waals surface area (Å²) in [7, 11) is 1.42. The molecular weight excluding hydrogens is 442 g/mol. The fourth-order valence-electron chi connectivity index (χ4n) is 4.43. The number of aliphatic hydroxyl groups excluding tert-OH is 1. The van der Waals surface area contributed by atoms with Gasteiger partial charge in [-0.05, 0) is 44.0 Å². The number of primary amides is 1. The highest BCUT2D eigenvalue weighted by atomic mass is 16.7. The minimum Gasteiger partial charge on any atom is -0.461 e. The van der Waals surface area contributed by atoms with Crippen LogP contribution in [-0.4, -0.2) is 48.5 Å². The van der Waals surface area contributed by atoms with Crippen LogP contribution in [0, 0.1) is 6.92 Å². The van der Waals surface area contributed by atoms with E-state index in [1.807, 2.05) is 37.3 Å². The topological polar surface area (TPSA) is 130 Å². The van der Waals surface area contributed by atoms with E-state index in [9.17, 15) is 14.7 Å². The molecule has 0 bridgehead atoms. The highest BCUT2D eigenvalue weighted by Crippen LogP contribution is 2.35. The third-order valence-electron chi connectivity index (χ3n) is 5.98. The summed E-state index contributed by atoms with van der Waals surface area (Å²) >= 11 is 0. The molecule has 1 amide bonds. The maximum absolute atomic E-state index is 12.8. The smallest absolute Gasteiger partial charge is 0.405 e. The van der Waals surface area contributed by atoms with Crippen molar-refractivity contribution in [3.05, 3.63) is 64.5 Å². The molecule has 0 aliphatic carbocycles. The Kier molecular flexibility index (Phi) is 6.35. The molecule has 2 aromatic carbocycles. The van der Waals surface area contributed by atoms with Crippen molar-refractivity contribution in [1.82, 2.24) is 0 Å². The zero-order valence-electron chi connectivity index (χ0n) is 19.3. The molecule has 4 atom stereocenters. The van der Waals surface area contributed by atoms with E-state index < -0.39 is 41.9 Å². The summed E-state index contributed by atoms with van der Waals surface area (Å²) in [5, 5.41) is 11.5. The molecule has 1 aliphatic rings. The molecule has 0 spiro atoms. The number of methoxy groups -OCH3 is 1. The molecule has 0 radical (unpaired) electrons. The van der Waals surface area contributed by atoms with Crippen LogP contribution in [0.3, 0.4) is 0 Å². The summed E-state index contributed by atoms with van der Waals surface area (Å²) in [5.74, 6) is 0.282. The van der Waals surface area contributed by atoms with E-state index in [4.69, 9.17) is 29.1 Å². The number of aliphatic hydroxyl groups is 1. The van der Waals surface area contributed by atoms with Crippen LogP contribution in [0.5, 0.6) is 5.75 Å². The zero-order valence-corrected chi connectivity index (χ0v) is 19.3. The van der Waals surface area contributed by atoms with Gasteiger partial charge in [0.05, 0.1) is 11.2 Å². The third-order valence-corrected chi connectivity index (χ3v) is 5.98. The van der Waals surface area contributed by atoms with E-state index in [0.29, 0.717) is 11.1 Å². The average molecular weight is 469 g/mol. The predicted molar refractivity (Wildman–Crippen MR) is 123 cm³/mol. The summed E-state index contributed by atoms with van der Waals surface area (Å²) in [4.78, 5) is 24.2. The Morgan fingerprint density at radius 3 is 2.50 bits per heavy atom. The molecule has 4 rings (SSSR count). The minimum absolute atomic E-state index is 0.282. The van der Waals surface area contributed by atoms with Crippen molar-refractivity contribution in [1.29, 1.82) is 0 Å². The van der Waals surface area contributed by atoms with Gasteiger partial charge in [-0.25, -0.2) is 9.59 Å². The van der Waals surface area contributed by atoms with Crippen LogP contribution < -0.4 is 16.1 Å². The van der Waals surface area contributed by atoms with Gasteiger partial charge in [0.1, 0.15) is 23.5 Å². The van der Waals surface area contributed by atoms with Crippen molar-refractivity contribution in [2.24, 2.45) is 5.73 Å². The lowest BCUT2D eigenvalue weighted by Gasteiger charge is -2.47. The maximum Gasteiger partial charge on any atom is 0.405 e. The van der Waals surface area contributed by atoms with E-state index in [2.05, 4.69) is 0 Å². The van der Waals surface area contributed by atoms with Crippen molar-refractivity contribution >= 4 is 17.1 Å². The van der Waals surface area contributed by atoms with Gasteiger partial charge >= 0.3 is 11.7 Å². The lowest BCUT2D eigenvalue weighted by atomic mass is 9.89. The number of amides is 1. The van der Waals surface area contributed by atoms with Crippen molar-refractivity contribution in [3.63, 3.8) is 0 Å². The van der Waals surface area contributed by atoms with Crippen LogP contribution in [0.25, 0.3) is 22.1 Å². The Balaban J connectivity index is 1.69. The monoisotopic (exact) mass is 469 g/mol. The average Bonchev–Trinajstić information content (AvgIpc) is 2.76. The van der Waals surface area contributed by atoms with Gasteiger partial charge in [0.15, 0.2) is 6.10 Å². The van der Waals surface area contributed by atoms with E-state index in [-0.39, 0.29) is 5.75 Å². The number of nitrogens with two attached hydrogens (primary N) is 1. The SMILES string of the molecule is CO[C@@H]1[C@H](O)[C@H](OC(N)=O)C(Oc2ccc3c(C)c(-c4ccccc4)c(=O)oc3c2)OC1(C)C. The second-order valence-electron chi connectivity index (χ2n) is 8.67. The second-order valence-corrected chi connectivity index (χ2v) is 8.67. The van der Waals surface area contributed by atoms with E-state index >= 15 is 0 Å². The van der Waals surface area contributed by atoms with Crippen molar-refractivity contribution in [3.8, 4) is 16.9 Å². The van der Waals surface area contributed by atoms with Crippen LogP contribution in [0.15, 0.2) is 57.7 Å². The largest absolute Gasteiger partial charge is 0.461 e. The summed E-state index contributed by atoms with van der Waals surface area (Å²) in [6.45, 7) is 5.29. The van der Waals surface area contributed by atoms with Crippen molar-refractivity contribution in [2.75, 3.05) is 7.11 Å². The van der Waals surface area contributed by atoms with Crippen molar-refractivity contribution in [2.45, 2.75) is 51.0 Å². The second kappa shape index (κ2) is 9.09. The Labute approximate surface area is 196 Å². The first-order valence-corrected chi connectivity index (χ1v) is 10.8. The fourth-order valence-corrected chi connectivity index (χ4v) is 4.43. The Hall–Kier alpha value is -3.40. The summed E-state index contributed by atoms with van der Waals surface area (Å²) in [6, 6.07) is 14.3. The maximum atomic E-state index is 12.8. The van der Waals surface area contributed by atoms with Gasteiger partial charge in [-0.3, -0.25) is 0 Å². The summed E-state index contributed by atoms with van der Waals surface area (Å²) in [5.41, 5.74) is 6.09. The number of carbonyl (C=O) groups excluding carboxylic acids is 1. The van der Waals surface area contributed by atoms with Crippen LogP contribution in [0.4, 0.5) is 4.79 Å². The highest BCUT2D eigenvalue weighted by Gasteiger charge is 2.52. The molecule has 3 N–H and O–H groups in total. The summed E-state index contributed by atoms with van der Waals surface area (Å²) < 4.78 is 27.9. The lowest BCUT2D eigenvalue weighted by molar-refractivity contribution is -0.304. The molecular formula is C25H27NO8.